The van der Waals surface area contributed by atoms with Gasteiger partial charge in [-0.05, 0) is 30.7 Å². The first kappa shape index (κ1) is 23.8. The number of phenolic OH excluding ortho intramolecular Hbond substituents is 1. The zero-order chi connectivity index (χ0) is 24.0. The minimum absolute atomic E-state index is 0.160. The van der Waals surface area contributed by atoms with Crippen LogP contribution in [0.15, 0.2) is 35.6 Å². The minimum atomic E-state index is -1.18. The molecule has 1 aromatic carbocycles. The number of benzene rings is 1. The second kappa shape index (κ2) is 10.6. The van der Waals surface area contributed by atoms with Gasteiger partial charge in [-0.15, -0.1) is 0 Å². The predicted molar refractivity (Wildman–Crippen MR) is 121 cm³/mol. The van der Waals surface area contributed by atoms with Crippen LogP contribution >= 0.6 is 11.6 Å². The van der Waals surface area contributed by atoms with Gasteiger partial charge in [0.15, 0.2) is 5.96 Å². The lowest BCUT2D eigenvalue weighted by Crippen LogP contribution is -2.39. The molecule has 1 atom stereocenters. The number of phenols is 1. The topological polar surface area (TPSA) is 165 Å². The van der Waals surface area contributed by atoms with Gasteiger partial charge in [-0.2, -0.15) is 0 Å². The third-order valence-electron chi connectivity index (χ3n) is 4.73. The van der Waals surface area contributed by atoms with Crippen LogP contribution in [0.2, 0.25) is 5.02 Å². The van der Waals surface area contributed by atoms with Gasteiger partial charge in [0, 0.05) is 23.3 Å². The molecule has 174 valence electrons. The molecule has 1 aliphatic heterocycles. The van der Waals surface area contributed by atoms with Crippen molar-refractivity contribution in [2.45, 2.75) is 19.4 Å². The number of carboxylic acids is 1. The monoisotopic (exact) mass is 474 g/mol. The summed E-state index contributed by atoms with van der Waals surface area (Å²) in [5.74, 6) is -1.94. The first-order valence-corrected chi connectivity index (χ1v) is 10.4. The van der Waals surface area contributed by atoms with E-state index in [4.69, 9.17) is 11.6 Å². The van der Waals surface area contributed by atoms with Crippen molar-refractivity contribution in [3.05, 3.63) is 52.3 Å². The highest BCUT2D eigenvalue weighted by Gasteiger charge is 2.23. The SMILES string of the molecule is Cc1cc(Cl)cc(C(CC(=O)O)NC(=O)CNC(=O)c2cncc(NC3=NCCN3)c2)c1O. The van der Waals surface area contributed by atoms with Gasteiger partial charge in [-0.25, -0.2) is 0 Å². The summed E-state index contributed by atoms with van der Waals surface area (Å²) in [7, 11) is 0. The molecule has 6 N–H and O–H groups in total. The summed E-state index contributed by atoms with van der Waals surface area (Å²) in [5, 5.41) is 30.9. The number of rotatable bonds is 8. The molecule has 0 bridgehead atoms. The maximum atomic E-state index is 12.5. The number of halogens is 1. The Morgan fingerprint density at radius 2 is 2.03 bits per heavy atom. The summed E-state index contributed by atoms with van der Waals surface area (Å²) in [4.78, 5) is 44.4. The molecule has 0 saturated heterocycles. The number of aliphatic carboxylic acids is 1. The Morgan fingerprint density at radius 3 is 2.73 bits per heavy atom. The second-order valence-electron chi connectivity index (χ2n) is 7.31. The number of anilines is 1. The van der Waals surface area contributed by atoms with Gasteiger partial charge < -0.3 is 31.5 Å². The Labute approximate surface area is 194 Å². The molecule has 3 rings (SSSR count). The molecule has 1 aromatic heterocycles. The zero-order valence-electron chi connectivity index (χ0n) is 17.7. The lowest BCUT2D eigenvalue weighted by molar-refractivity contribution is -0.137. The van der Waals surface area contributed by atoms with Crippen molar-refractivity contribution >= 4 is 41.0 Å². The molecule has 0 spiro atoms. The van der Waals surface area contributed by atoms with Gasteiger partial charge in [0.25, 0.3) is 5.91 Å². The quantitative estimate of drug-likeness (QED) is 0.332. The van der Waals surface area contributed by atoms with E-state index < -0.39 is 36.8 Å². The highest BCUT2D eigenvalue weighted by atomic mass is 35.5. The number of guanidine groups is 1. The van der Waals surface area contributed by atoms with Crippen molar-refractivity contribution in [3.8, 4) is 5.75 Å². The van der Waals surface area contributed by atoms with E-state index in [9.17, 15) is 24.6 Å². The lowest BCUT2D eigenvalue weighted by Gasteiger charge is -2.20. The summed E-state index contributed by atoms with van der Waals surface area (Å²) in [6, 6.07) is 3.43. The van der Waals surface area contributed by atoms with Crippen molar-refractivity contribution in [1.82, 2.24) is 20.9 Å². The van der Waals surface area contributed by atoms with Crippen LogP contribution in [0.4, 0.5) is 5.69 Å². The van der Waals surface area contributed by atoms with E-state index in [0.717, 1.165) is 6.54 Å². The van der Waals surface area contributed by atoms with Gasteiger partial charge in [-0.1, -0.05) is 11.6 Å². The van der Waals surface area contributed by atoms with Gasteiger partial charge >= 0.3 is 5.97 Å². The molecule has 1 unspecified atom stereocenters. The van der Waals surface area contributed by atoms with Crippen LogP contribution in [-0.2, 0) is 9.59 Å². The van der Waals surface area contributed by atoms with Crippen LogP contribution in [0.3, 0.4) is 0 Å². The number of carboxylic acid groups (broad SMARTS) is 1. The van der Waals surface area contributed by atoms with Crippen molar-refractivity contribution in [2.24, 2.45) is 4.99 Å². The number of nitrogens with zero attached hydrogens (tertiary/aromatic N) is 2. The molecule has 0 radical (unpaired) electrons. The summed E-state index contributed by atoms with van der Waals surface area (Å²) in [5.41, 5.74) is 1.38. The molecule has 1 aliphatic rings. The van der Waals surface area contributed by atoms with Crippen LogP contribution in [-0.4, -0.2) is 58.6 Å². The maximum absolute atomic E-state index is 12.5. The first-order valence-electron chi connectivity index (χ1n) is 10.0. The summed E-state index contributed by atoms with van der Waals surface area (Å²) in [6.07, 6.45) is 2.40. The second-order valence-corrected chi connectivity index (χ2v) is 7.74. The van der Waals surface area contributed by atoms with E-state index in [1.807, 2.05) is 0 Å². The Kier molecular flexibility index (Phi) is 7.67. The maximum Gasteiger partial charge on any atom is 0.305 e. The molecule has 0 saturated carbocycles. The molecule has 0 fully saturated rings. The van der Waals surface area contributed by atoms with Crippen molar-refractivity contribution in [1.29, 1.82) is 0 Å². The molecular formula is C21H23ClN6O5. The Hall–Kier alpha value is -3.86. The van der Waals surface area contributed by atoms with E-state index >= 15 is 0 Å². The number of pyridine rings is 1. The van der Waals surface area contributed by atoms with E-state index in [2.05, 4.69) is 31.2 Å². The number of aromatic nitrogens is 1. The highest BCUT2D eigenvalue weighted by molar-refractivity contribution is 6.30. The van der Waals surface area contributed by atoms with Crippen LogP contribution < -0.4 is 21.3 Å². The molecule has 33 heavy (non-hydrogen) atoms. The van der Waals surface area contributed by atoms with Crippen molar-refractivity contribution in [3.63, 3.8) is 0 Å². The number of aryl methyl sites for hydroxylation is 1. The number of carbonyl (C=O) groups is 3. The van der Waals surface area contributed by atoms with Crippen LogP contribution in [0.5, 0.6) is 5.75 Å². The standard InChI is InChI=1S/C21H23ClN6O5/c1-11-4-13(22)6-15(19(11)32)16(7-18(30)31)28-17(29)10-26-20(33)12-5-14(9-23-8-12)27-21-24-2-3-25-21/h4-6,8-9,16,32H,2-3,7,10H2,1H3,(H,26,33)(H,28,29)(H,30,31)(H2,24,25,27). The smallest absolute Gasteiger partial charge is 0.305 e. The normalized spacial score (nSPS) is 13.5. The summed E-state index contributed by atoms with van der Waals surface area (Å²) < 4.78 is 0. The molecule has 2 amide bonds. The first-order chi connectivity index (χ1) is 15.7. The van der Waals surface area contributed by atoms with Crippen LogP contribution in [0, 0.1) is 6.92 Å². The number of hydrogen-bond donors (Lipinski definition) is 6. The number of aliphatic imine (C=N–C) groups is 1. The molecule has 2 heterocycles. The average Bonchev–Trinajstić information content (AvgIpc) is 3.27. The van der Waals surface area contributed by atoms with Gasteiger partial charge in [0.1, 0.15) is 5.75 Å². The Balaban J connectivity index is 1.63. The molecule has 12 heteroatoms. The lowest BCUT2D eigenvalue weighted by atomic mass is 10.00. The molecule has 11 nitrogen and oxygen atoms in total. The molecular weight excluding hydrogens is 452 g/mol. The van der Waals surface area contributed by atoms with Crippen molar-refractivity contribution < 1.29 is 24.6 Å². The van der Waals surface area contributed by atoms with Crippen molar-refractivity contribution in [2.75, 3.05) is 25.0 Å². The molecule has 0 aliphatic carbocycles. The predicted octanol–water partition coefficient (Wildman–Crippen LogP) is 1.18. The van der Waals surface area contributed by atoms with E-state index in [1.54, 1.807) is 13.0 Å². The fraction of sp³-hybridized carbons (Fsp3) is 0.286. The van der Waals surface area contributed by atoms with Crippen LogP contribution in [0.25, 0.3) is 0 Å². The third-order valence-corrected chi connectivity index (χ3v) is 4.95. The minimum Gasteiger partial charge on any atom is -0.507 e. The average molecular weight is 475 g/mol. The van der Waals surface area contributed by atoms with Gasteiger partial charge in [0.2, 0.25) is 5.91 Å². The number of aromatic hydroxyl groups is 1. The van der Waals surface area contributed by atoms with Gasteiger partial charge in [-0.3, -0.25) is 24.4 Å². The van der Waals surface area contributed by atoms with E-state index in [-0.39, 0.29) is 21.9 Å². The Morgan fingerprint density at radius 1 is 1.24 bits per heavy atom. The number of carbonyl (C=O) groups excluding carboxylic acids is 2. The van der Waals surface area contributed by atoms with E-state index in [1.165, 1.54) is 24.5 Å². The van der Waals surface area contributed by atoms with Crippen LogP contribution in [0.1, 0.15) is 33.9 Å². The zero-order valence-corrected chi connectivity index (χ0v) is 18.4. The largest absolute Gasteiger partial charge is 0.507 e. The summed E-state index contributed by atoms with van der Waals surface area (Å²) in [6.45, 7) is 2.57. The highest BCUT2D eigenvalue weighted by Crippen LogP contribution is 2.32. The fourth-order valence-corrected chi connectivity index (χ4v) is 3.48. The molecule has 2 aromatic rings. The van der Waals surface area contributed by atoms with Gasteiger partial charge in [0.05, 0.1) is 43.0 Å². The number of nitrogens with one attached hydrogen (secondary N) is 4. The fourth-order valence-electron chi connectivity index (χ4n) is 3.20. The summed E-state index contributed by atoms with van der Waals surface area (Å²) >= 11 is 6.03. The number of amides is 2. The van der Waals surface area contributed by atoms with E-state index in [0.29, 0.717) is 23.8 Å². The Bertz CT molecular complexity index is 1110. The third kappa shape index (κ3) is 6.56. The number of hydrogen-bond acceptors (Lipinski definition) is 8.